The van der Waals surface area contributed by atoms with E-state index in [1.807, 2.05) is 42.5 Å². The molecule has 0 aromatic heterocycles. The molecule has 15 atom stereocenters. The summed E-state index contributed by atoms with van der Waals surface area (Å²) in [4.78, 5) is 24.0. The summed E-state index contributed by atoms with van der Waals surface area (Å²) in [5.74, 6) is 13.7. The van der Waals surface area contributed by atoms with E-state index < -0.39 is 11.2 Å². The third-order valence-electron chi connectivity index (χ3n) is 23.5. The van der Waals surface area contributed by atoms with Crippen molar-refractivity contribution >= 4 is 11.6 Å². The molecule has 406 valence electrons. The Morgan fingerprint density at radius 3 is 1.59 bits per heavy atom. The quantitative estimate of drug-likeness (QED) is 0.142. The topological polar surface area (TPSA) is 135 Å². The van der Waals surface area contributed by atoms with Gasteiger partial charge in [0.2, 0.25) is 0 Å². The highest BCUT2D eigenvalue weighted by molar-refractivity contribution is 5.91. The molecule has 11 aliphatic carbocycles. The monoisotopic (exact) mass is 1030 g/mol. The number of fused-ring (bicyclic) bond motifs is 16. The van der Waals surface area contributed by atoms with Crippen LogP contribution in [0, 0.1) is 88.3 Å². The second-order valence-electron chi connectivity index (χ2n) is 26.5. The molecule has 0 heterocycles. The van der Waals surface area contributed by atoms with E-state index in [9.17, 15) is 35.1 Å². The predicted octanol–water partition coefficient (Wildman–Crippen LogP) is 13.8. The van der Waals surface area contributed by atoms with Gasteiger partial charge in [-0.25, -0.2) is 0 Å². The molecule has 7 heteroatoms. The molecule has 0 saturated heterocycles. The van der Waals surface area contributed by atoms with Gasteiger partial charge < -0.3 is 25.5 Å². The third kappa shape index (κ3) is 9.08. The first-order valence-electron chi connectivity index (χ1n) is 29.5. The molecule has 7 saturated carbocycles. The molecule has 76 heavy (non-hydrogen) atoms. The van der Waals surface area contributed by atoms with E-state index in [-0.39, 0.29) is 23.7 Å². The van der Waals surface area contributed by atoms with Gasteiger partial charge in [-0.2, -0.15) is 0 Å². The van der Waals surface area contributed by atoms with Gasteiger partial charge in [0.15, 0.2) is 5.78 Å². The second kappa shape index (κ2) is 20.8. The van der Waals surface area contributed by atoms with Crippen molar-refractivity contribution in [3.8, 4) is 41.9 Å². The van der Waals surface area contributed by atoms with Crippen LogP contribution in [0.15, 0.2) is 66.2 Å². The largest absolute Gasteiger partial charge is 0.508 e. The number of phenols is 3. The van der Waals surface area contributed by atoms with Crippen LogP contribution in [0.25, 0.3) is 0 Å². The number of Topliss-reactive ketones (excluding diaryl/α,β-unsaturated/α-hetero) is 1. The van der Waals surface area contributed by atoms with Crippen LogP contribution in [0.4, 0.5) is 0 Å². The average Bonchev–Trinajstić information content (AvgIpc) is 4.04. The predicted molar refractivity (Wildman–Crippen MR) is 302 cm³/mol. The van der Waals surface area contributed by atoms with Crippen LogP contribution in [-0.2, 0) is 35.3 Å². The molecule has 0 amide bonds. The number of benzene rings is 3. The zero-order valence-corrected chi connectivity index (χ0v) is 45.2. The summed E-state index contributed by atoms with van der Waals surface area (Å²) in [6.07, 6.45) is 38.8. The van der Waals surface area contributed by atoms with Gasteiger partial charge in [0.25, 0.3) is 0 Å². The Morgan fingerprint density at radius 2 is 0.987 bits per heavy atom. The minimum atomic E-state index is -0.919. The smallest absolute Gasteiger partial charge is 0.155 e. The fourth-order valence-corrected chi connectivity index (χ4v) is 19.3. The van der Waals surface area contributed by atoms with Gasteiger partial charge in [0.05, 0.1) is 0 Å². The average molecular weight is 1030 g/mol. The fraction of sp³-hybridized carbons (Fsp3) is 0.623. The maximum atomic E-state index is 12.3. The second-order valence-corrected chi connectivity index (χ2v) is 26.5. The zero-order chi connectivity index (χ0) is 52.7. The summed E-state index contributed by atoms with van der Waals surface area (Å²) in [5, 5.41) is 50.4. The van der Waals surface area contributed by atoms with Gasteiger partial charge in [0, 0.05) is 29.1 Å². The molecule has 14 rings (SSSR count). The molecule has 9 unspecified atom stereocenters. The van der Waals surface area contributed by atoms with Crippen molar-refractivity contribution in [3.63, 3.8) is 0 Å². The van der Waals surface area contributed by atoms with Gasteiger partial charge in [-0.15, -0.1) is 12.8 Å². The first kappa shape index (κ1) is 54.5. The molecule has 7 nitrogen and oxygen atoms in total. The lowest BCUT2D eigenvalue weighted by molar-refractivity contribution is -0.129. The maximum Gasteiger partial charge on any atom is 0.155 e. The van der Waals surface area contributed by atoms with E-state index in [4.69, 9.17) is 12.8 Å². The zero-order valence-electron chi connectivity index (χ0n) is 45.2. The number of carbonyl (C=O) groups excluding carboxylic acids is 2. The molecule has 5 N–H and O–H groups in total. The van der Waals surface area contributed by atoms with Crippen molar-refractivity contribution in [1.29, 1.82) is 0 Å². The first-order chi connectivity index (χ1) is 35.9. The summed E-state index contributed by atoms with van der Waals surface area (Å²) >= 11 is 0. The number of terminal acetylenes is 2. The Bertz CT molecular complexity index is 2830. The summed E-state index contributed by atoms with van der Waals surface area (Å²) < 4.78 is 0. The van der Waals surface area contributed by atoms with Crippen molar-refractivity contribution in [2.24, 2.45) is 63.6 Å². The van der Waals surface area contributed by atoms with E-state index in [0.29, 0.717) is 88.0 Å². The third-order valence-corrected chi connectivity index (χ3v) is 23.5. The van der Waals surface area contributed by atoms with Crippen molar-refractivity contribution in [3.05, 3.63) is 99.6 Å². The van der Waals surface area contributed by atoms with Crippen molar-refractivity contribution in [2.75, 3.05) is 0 Å². The van der Waals surface area contributed by atoms with Crippen LogP contribution >= 0.6 is 0 Å². The molecule has 11 aliphatic rings. The number of hydrogen-bond acceptors (Lipinski definition) is 7. The fourth-order valence-electron chi connectivity index (χ4n) is 19.3. The number of carbonyl (C=O) groups is 2. The minimum absolute atomic E-state index is 0. The van der Waals surface area contributed by atoms with E-state index in [0.717, 1.165) is 122 Å². The lowest BCUT2D eigenvalue weighted by Crippen LogP contribution is -2.52. The molecular formula is C69H88O7. The van der Waals surface area contributed by atoms with Crippen LogP contribution in [0.5, 0.6) is 17.2 Å². The SMILES string of the molecule is C.C#C[C@]1(O)CCC2C3CCC4=CC(=O)CC[C@@H]4C3CC[C@@]21C.C#C[C@]1(O)CCC2C3CCc4cc(O)ccc4C3CC[C@@]21C.C[C@]12CCC3c4ccc(O)cc4CCC3C1CCC2=O.Oc1ccc2c(c1)CCCC2. The Hall–Kier alpha value is -4.82. The lowest BCUT2D eigenvalue weighted by atomic mass is 9.50. The number of phenolic OH excluding ortho intramolecular Hbond substituents is 3. The van der Waals surface area contributed by atoms with Crippen molar-refractivity contribution in [1.82, 2.24) is 0 Å². The van der Waals surface area contributed by atoms with Crippen molar-refractivity contribution < 1.29 is 35.1 Å². The van der Waals surface area contributed by atoms with Crippen LogP contribution in [0.1, 0.15) is 202 Å². The maximum absolute atomic E-state index is 12.3. The van der Waals surface area contributed by atoms with Crippen LogP contribution in [0.3, 0.4) is 0 Å². The first-order valence-corrected chi connectivity index (χ1v) is 29.5. The van der Waals surface area contributed by atoms with E-state index >= 15 is 0 Å². The van der Waals surface area contributed by atoms with Gasteiger partial charge in [-0.1, -0.05) is 63.8 Å². The van der Waals surface area contributed by atoms with Gasteiger partial charge >= 0.3 is 0 Å². The molecule has 0 spiro atoms. The van der Waals surface area contributed by atoms with Crippen LogP contribution < -0.4 is 0 Å². The van der Waals surface area contributed by atoms with Gasteiger partial charge in [0.1, 0.15) is 34.2 Å². The summed E-state index contributed by atoms with van der Waals surface area (Å²) in [6, 6.07) is 17.5. The lowest BCUT2D eigenvalue weighted by Gasteiger charge is -2.54. The number of aliphatic hydroxyl groups is 2. The molecular weight excluding hydrogens is 941 g/mol. The summed E-state index contributed by atoms with van der Waals surface area (Å²) in [5.41, 5.74) is 7.62. The molecule has 0 bridgehead atoms. The number of hydrogen-bond donors (Lipinski definition) is 5. The molecule has 7 fully saturated rings. The Morgan fingerprint density at radius 1 is 0.474 bits per heavy atom. The molecule has 3 aromatic rings. The molecule has 0 aliphatic heterocycles. The van der Waals surface area contributed by atoms with Gasteiger partial charge in [-0.3, -0.25) is 9.59 Å². The normalized spacial score (nSPS) is 39.6. The number of allylic oxidation sites excluding steroid dienone is 1. The molecule has 3 aromatic carbocycles. The standard InChI is InChI=1S/C20H26O2.C20H24O2.C18H22O2.C10H12O.CH4/c2*1-3-20(22)11-9-18-17-6-4-13-12-14(21)5-7-15(13)16(17)8-10-19(18,20)2;1-18-9-8-14-13-5-3-12(19)10-11(13)2-4-15(14)16(18)6-7-17(18)20;11-10-6-5-8-3-1-2-4-9(8)7-10;/h1,12,15-18,22H,4-11H2,2H3;1,5,7,12,16-18,21-22H,4,6,8-11H2,2H3;3,5,10,14-16,19H,2,4,6-9H2,1H3;5-7,11H,1-4H2;1H4/t15-,16?,17?,18?,19-,20-;16?,17?,18?,19-,20-;14?,15?,16?,18-;;/m000../s1. The highest BCUT2D eigenvalue weighted by atomic mass is 16.3. The van der Waals surface area contributed by atoms with Crippen molar-refractivity contribution in [2.45, 2.75) is 205 Å². The number of aryl methyl sites for hydroxylation is 4. The molecule has 0 radical (unpaired) electrons. The van der Waals surface area contributed by atoms with Crippen LogP contribution in [0.2, 0.25) is 0 Å². The van der Waals surface area contributed by atoms with Crippen LogP contribution in [-0.4, -0.2) is 48.3 Å². The summed E-state index contributed by atoms with van der Waals surface area (Å²) in [6.45, 7) is 6.67. The number of rotatable bonds is 0. The highest BCUT2D eigenvalue weighted by Crippen LogP contribution is 2.66. The number of aromatic hydroxyl groups is 3. The minimum Gasteiger partial charge on any atom is -0.508 e. The Labute approximate surface area is 455 Å². The van der Waals surface area contributed by atoms with E-state index in [1.54, 1.807) is 6.07 Å². The van der Waals surface area contributed by atoms with Gasteiger partial charge in [-0.05, 0) is 276 Å². The number of ketones is 2. The van der Waals surface area contributed by atoms with E-state index in [2.05, 4.69) is 44.7 Å². The Balaban J connectivity index is 0.000000118. The highest BCUT2D eigenvalue weighted by Gasteiger charge is 2.63. The van der Waals surface area contributed by atoms with E-state index in [1.165, 1.54) is 71.1 Å². The summed E-state index contributed by atoms with van der Waals surface area (Å²) in [7, 11) is 0. The Kier molecular flexibility index (Phi) is 14.9.